The molecule has 0 radical (unpaired) electrons. The smallest absolute Gasteiger partial charge is 0.264 e. The highest BCUT2D eigenvalue weighted by molar-refractivity contribution is 7.71. The molecule has 2 aromatic heterocycles. The van der Waals surface area contributed by atoms with E-state index in [0.29, 0.717) is 5.69 Å². The molecular weight excluding hydrogens is 356 g/mol. The Morgan fingerprint density at radius 2 is 2.00 bits per heavy atom. The average molecular weight is 373 g/mol. The summed E-state index contributed by atoms with van der Waals surface area (Å²) < 4.78 is 29.4. The van der Waals surface area contributed by atoms with Gasteiger partial charge in [-0.15, -0.1) is 0 Å². The Morgan fingerprint density at radius 1 is 1.31 bits per heavy atom. The van der Waals surface area contributed by atoms with Gasteiger partial charge in [0.1, 0.15) is 5.65 Å². The van der Waals surface area contributed by atoms with Crippen molar-refractivity contribution < 1.29 is 8.78 Å². The quantitative estimate of drug-likeness (QED) is 0.658. The lowest BCUT2D eigenvalue weighted by Gasteiger charge is -2.14. The number of H-pyrrole nitrogens is 1. The molecule has 134 valence electrons. The van der Waals surface area contributed by atoms with E-state index in [2.05, 4.69) is 9.97 Å². The van der Waals surface area contributed by atoms with Crippen LogP contribution in [0.25, 0.3) is 22.3 Å². The molecule has 2 heterocycles. The molecule has 1 aromatic carbocycles. The van der Waals surface area contributed by atoms with Gasteiger partial charge in [0, 0.05) is 17.2 Å². The Balaban J connectivity index is 2.04. The van der Waals surface area contributed by atoms with Crippen LogP contribution >= 0.6 is 12.2 Å². The van der Waals surface area contributed by atoms with Gasteiger partial charge in [-0.25, -0.2) is 13.8 Å². The van der Waals surface area contributed by atoms with E-state index in [1.165, 1.54) is 6.07 Å². The van der Waals surface area contributed by atoms with Crippen LogP contribution in [0.3, 0.4) is 0 Å². The third kappa shape index (κ3) is 2.86. The van der Waals surface area contributed by atoms with Crippen molar-refractivity contribution >= 4 is 23.3 Å². The number of hydrogen-bond donors (Lipinski definition) is 1. The number of nitrogens with zero attached hydrogens (tertiary/aromatic N) is 2. The predicted molar refractivity (Wildman–Crippen MR) is 99.2 cm³/mol. The van der Waals surface area contributed by atoms with E-state index < -0.39 is 12.0 Å². The van der Waals surface area contributed by atoms with Crippen LogP contribution in [0.5, 0.6) is 0 Å². The molecule has 4 rings (SSSR count). The topological polar surface area (TPSA) is 50.7 Å². The number of benzene rings is 1. The lowest BCUT2D eigenvalue weighted by atomic mass is 10.0. The summed E-state index contributed by atoms with van der Waals surface area (Å²) >= 11 is 5.26. The highest BCUT2D eigenvalue weighted by Gasteiger charge is 2.28. The fourth-order valence-corrected chi connectivity index (χ4v) is 3.50. The molecule has 0 atom stereocenters. The van der Waals surface area contributed by atoms with Crippen LogP contribution in [0.1, 0.15) is 43.4 Å². The molecule has 0 aliphatic heterocycles. The second-order valence-electron chi connectivity index (χ2n) is 6.51. The van der Waals surface area contributed by atoms with Crippen molar-refractivity contribution in [3.63, 3.8) is 0 Å². The molecule has 0 saturated heterocycles. The number of aromatic nitrogens is 3. The lowest BCUT2D eigenvalue weighted by molar-refractivity contribution is 0.153. The van der Waals surface area contributed by atoms with Crippen molar-refractivity contribution in [2.45, 2.75) is 38.7 Å². The second-order valence-corrected chi connectivity index (χ2v) is 6.89. The van der Waals surface area contributed by atoms with E-state index >= 15 is 0 Å². The summed E-state index contributed by atoms with van der Waals surface area (Å²) in [4.78, 5) is 19.4. The maximum absolute atomic E-state index is 13.7. The Bertz CT molecular complexity index is 1100. The number of aromatic amines is 1. The molecule has 1 aliphatic carbocycles. The molecular formula is C19H17F2N3OS. The molecule has 4 nitrogen and oxygen atoms in total. The summed E-state index contributed by atoms with van der Waals surface area (Å²) in [5.41, 5.74) is 1.63. The van der Waals surface area contributed by atoms with Crippen molar-refractivity contribution in [3.8, 4) is 11.3 Å². The second kappa shape index (κ2) is 6.39. The Morgan fingerprint density at radius 3 is 2.58 bits per heavy atom. The highest BCUT2D eigenvalue weighted by atomic mass is 32.1. The SMILES string of the molecule is CCc1ccc(-c2cc(C(F)F)c3c(=O)[nH]c(=S)n(C4CC4)c3n2)cc1. The zero-order chi connectivity index (χ0) is 18.4. The maximum atomic E-state index is 13.7. The monoisotopic (exact) mass is 373 g/mol. The minimum Gasteiger partial charge on any atom is -0.299 e. The molecule has 0 unspecified atom stereocenters. The standard InChI is InChI=1S/C19H17F2N3OS/c1-2-10-3-5-11(6-4-10)14-9-13(16(20)21)15-17(22-14)24(12-7-8-12)19(26)23-18(15)25/h3-6,9,12,16H,2,7-8H2,1H3,(H,23,25,26). The number of nitrogens with one attached hydrogen (secondary N) is 1. The molecule has 0 spiro atoms. The molecule has 1 saturated carbocycles. The van der Waals surface area contributed by atoms with Crippen molar-refractivity contribution in [3.05, 3.63) is 56.6 Å². The first-order chi connectivity index (χ1) is 12.5. The lowest BCUT2D eigenvalue weighted by Crippen LogP contribution is -2.17. The molecule has 0 bridgehead atoms. The largest absolute Gasteiger partial charge is 0.299 e. The van der Waals surface area contributed by atoms with Crippen LogP contribution in [-0.2, 0) is 6.42 Å². The fourth-order valence-electron chi connectivity index (χ4n) is 3.18. The summed E-state index contributed by atoms with van der Waals surface area (Å²) in [6, 6.07) is 9.06. The van der Waals surface area contributed by atoms with Gasteiger partial charge in [-0.3, -0.25) is 14.3 Å². The number of halogens is 2. The number of rotatable bonds is 4. The van der Waals surface area contributed by atoms with Gasteiger partial charge in [-0.2, -0.15) is 0 Å². The van der Waals surface area contributed by atoms with Crippen LogP contribution in [0.2, 0.25) is 0 Å². The van der Waals surface area contributed by atoms with Crippen molar-refractivity contribution in [2.75, 3.05) is 0 Å². The summed E-state index contributed by atoms with van der Waals surface area (Å²) in [6.07, 6.45) is -0.0871. The minimum atomic E-state index is -2.78. The van der Waals surface area contributed by atoms with Gasteiger partial charge in [0.25, 0.3) is 12.0 Å². The first kappa shape index (κ1) is 17.0. The third-order valence-electron chi connectivity index (χ3n) is 4.73. The van der Waals surface area contributed by atoms with Crippen LogP contribution in [0.4, 0.5) is 8.78 Å². The highest BCUT2D eigenvalue weighted by Crippen LogP contribution is 2.38. The number of aryl methyl sites for hydroxylation is 1. The maximum Gasteiger partial charge on any atom is 0.264 e. The van der Waals surface area contributed by atoms with Crippen LogP contribution in [0, 0.1) is 4.77 Å². The molecule has 3 aromatic rings. The number of fused-ring (bicyclic) bond motifs is 1. The van der Waals surface area contributed by atoms with E-state index in [1.807, 2.05) is 31.2 Å². The number of alkyl halides is 2. The third-order valence-corrected chi connectivity index (χ3v) is 5.03. The van der Waals surface area contributed by atoms with Crippen molar-refractivity contribution in [1.29, 1.82) is 0 Å². The zero-order valence-electron chi connectivity index (χ0n) is 14.1. The Labute approximate surface area is 153 Å². The van der Waals surface area contributed by atoms with Gasteiger partial charge in [0.15, 0.2) is 4.77 Å². The number of pyridine rings is 1. The first-order valence-corrected chi connectivity index (χ1v) is 8.97. The van der Waals surface area contributed by atoms with E-state index in [-0.39, 0.29) is 27.4 Å². The van der Waals surface area contributed by atoms with Crippen LogP contribution < -0.4 is 5.56 Å². The average Bonchev–Trinajstić information content (AvgIpc) is 3.45. The molecule has 1 aliphatic rings. The summed E-state index contributed by atoms with van der Waals surface area (Å²) in [5.74, 6) is 0. The molecule has 1 fully saturated rings. The predicted octanol–water partition coefficient (Wildman–Crippen LogP) is 4.96. The van der Waals surface area contributed by atoms with Crippen LogP contribution in [0.15, 0.2) is 35.1 Å². The molecule has 0 amide bonds. The molecule has 7 heteroatoms. The van der Waals surface area contributed by atoms with Gasteiger partial charge in [-0.1, -0.05) is 31.2 Å². The first-order valence-electron chi connectivity index (χ1n) is 8.56. The number of hydrogen-bond acceptors (Lipinski definition) is 3. The minimum absolute atomic E-state index is 0.0746. The Kier molecular flexibility index (Phi) is 4.19. The molecule has 26 heavy (non-hydrogen) atoms. The zero-order valence-corrected chi connectivity index (χ0v) is 14.9. The van der Waals surface area contributed by atoms with Gasteiger partial charge >= 0.3 is 0 Å². The molecule has 1 N–H and O–H groups in total. The van der Waals surface area contributed by atoms with Crippen molar-refractivity contribution in [1.82, 2.24) is 14.5 Å². The van der Waals surface area contributed by atoms with E-state index in [9.17, 15) is 13.6 Å². The Hall–Kier alpha value is -2.41. The fraction of sp³-hybridized carbons (Fsp3) is 0.316. The van der Waals surface area contributed by atoms with Gasteiger partial charge < -0.3 is 0 Å². The normalized spacial score (nSPS) is 14.3. The summed E-state index contributed by atoms with van der Waals surface area (Å²) in [6.45, 7) is 2.05. The van der Waals surface area contributed by atoms with Crippen molar-refractivity contribution in [2.24, 2.45) is 0 Å². The van der Waals surface area contributed by atoms with Gasteiger partial charge in [0.2, 0.25) is 0 Å². The van der Waals surface area contributed by atoms with Gasteiger partial charge in [0.05, 0.1) is 11.1 Å². The van der Waals surface area contributed by atoms with Gasteiger partial charge in [-0.05, 0) is 43.1 Å². The van der Waals surface area contributed by atoms with E-state index in [0.717, 1.165) is 30.4 Å². The summed E-state index contributed by atoms with van der Waals surface area (Å²) in [7, 11) is 0. The summed E-state index contributed by atoms with van der Waals surface area (Å²) in [5, 5.41) is -0.0746. The van der Waals surface area contributed by atoms with E-state index in [4.69, 9.17) is 12.2 Å². The van der Waals surface area contributed by atoms with Crippen LogP contribution in [-0.4, -0.2) is 14.5 Å². The van der Waals surface area contributed by atoms with E-state index in [1.54, 1.807) is 4.57 Å².